The highest BCUT2D eigenvalue weighted by Crippen LogP contribution is 2.31. The molecule has 0 amide bonds. The first kappa shape index (κ1) is 13.7. The van der Waals surface area contributed by atoms with Crippen molar-refractivity contribution in [2.24, 2.45) is 5.92 Å². The van der Waals surface area contributed by atoms with E-state index in [1.165, 1.54) is 0 Å². The lowest BCUT2D eigenvalue weighted by Crippen LogP contribution is -2.19. The lowest BCUT2D eigenvalue weighted by atomic mass is 10.2. The Kier molecular flexibility index (Phi) is 3.44. The van der Waals surface area contributed by atoms with Gasteiger partial charge in [0.05, 0.1) is 11.4 Å². The largest absolute Gasteiger partial charge is 0.477 e. The topological polar surface area (TPSA) is 83.5 Å². The summed E-state index contributed by atoms with van der Waals surface area (Å²) in [5.41, 5.74) is -1.73. The smallest absolute Gasteiger partial charge is 0.341 e. The summed E-state index contributed by atoms with van der Waals surface area (Å²) in [5.74, 6) is -4.56. The van der Waals surface area contributed by atoms with Gasteiger partial charge in [0.1, 0.15) is 11.4 Å². The van der Waals surface area contributed by atoms with Crippen LogP contribution in [-0.4, -0.2) is 25.2 Å². The number of hydrogen-bond donors (Lipinski definition) is 2. The highest BCUT2D eigenvalue weighted by atomic mass is 32.2. The standard InChI is InChI=1S/C11H11F2NO4S/c12-7-3-4-8(10(13)9(7)11(15)16)14-19(17,18)5-6-1-2-6/h3-4,6,14H,1-2,5H2,(H,15,16). The predicted octanol–water partition coefficient (Wildman–Crippen LogP) is 1.81. The molecule has 1 aromatic rings. The Bertz CT molecular complexity index is 626. The van der Waals surface area contributed by atoms with Gasteiger partial charge in [0.15, 0.2) is 5.82 Å². The van der Waals surface area contributed by atoms with E-state index in [-0.39, 0.29) is 11.7 Å². The van der Waals surface area contributed by atoms with Crippen LogP contribution >= 0.6 is 0 Å². The molecule has 1 saturated carbocycles. The van der Waals surface area contributed by atoms with E-state index < -0.39 is 38.9 Å². The van der Waals surface area contributed by atoms with Gasteiger partial charge in [-0.25, -0.2) is 22.0 Å². The van der Waals surface area contributed by atoms with Crippen LogP contribution in [0.4, 0.5) is 14.5 Å². The van der Waals surface area contributed by atoms with Crippen LogP contribution in [0.15, 0.2) is 12.1 Å². The van der Waals surface area contributed by atoms with Crippen LogP contribution < -0.4 is 4.72 Å². The van der Waals surface area contributed by atoms with Gasteiger partial charge in [-0.2, -0.15) is 0 Å². The minimum atomic E-state index is -3.75. The summed E-state index contributed by atoms with van der Waals surface area (Å²) in [6, 6.07) is 1.57. The summed E-state index contributed by atoms with van der Waals surface area (Å²) >= 11 is 0. The second kappa shape index (κ2) is 4.76. The average Bonchev–Trinajstić information content (AvgIpc) is 3.05. The molecule has 0 unspecified atom stereocenters. The van der Waals surface area contributed by atoms with Crippen molar-refractivity contribution in [3.8, 4) is 0 Å². The summed E-state index contributed by atoms with van der Waals surface area (Å²) in [6.45, 7) is 0. The normalized spacial score (nSPS) is 15.3. The minimum Gasteiger partial charge on any atom is -0.477 e. The fraction of sp³-hybridized carbons (Fsp3) is 0.364. The number of sulfonamides is 1. The Morgan fingerprint density at radius 3 is 2.53 bits per heavy atom. The molecule has 1 fully saturated rings. The number of carbonyl (C=O) groups is 1. The van der Waals surface area contributed by atoms with E-state index in [0.717, 1.165) is 18.9 Å². The van der Waals surface area contributed by atoms with Crippen LogP contribution in [0, 0.1) is 17.6 Å². The van der Waals surface area contributed by atoms with Gasteiger partial charge >= 0.3 is 5.97 Å². The number of aromatic carboxylic acids is 1. The Labute approximate surface area is 108 Å². The van der Waals surface area contributed by atoms with E-state index in [0.29, 0.717) is 6.07 Å². The molecule has 0 aromatic heterocycles. The van der Waals surface area contributed by atoms with Crippen LogP contribution in [0.3, 0.4) is 0 Å². The third-order valence-corrected chi connectivity index (χ3v) is 4.16. The number of anilines is 1. The first-order valence-electron chi connectivity index (χ1n) is 5.52. The van der Waals surface area contributed by atoms with E-state index in [2.05, 4.69) is 0 Å². The van der Waals surface area contributed by atoms with Gasteiger partial charge in [0, 0.05) is 0 Å². The summed E-state index contributed by atoms with van der Waals surface area (Å²) < 4.78 is 52.1. The van der Waals surface area contributed by atoms with Crippen LogP contribution in [0.2, 0.25) is 0 Å². The Balaban J connectivity index is 2.30. The van der Waals surface area contributed by atoms with Gasteiger partial charge in [-0.1, -0.05) is 0 Å². The zero-order valence-electron chi connectivity index (χ0n) is 9.69. The molecule has 2 N–H and O–H groups in total. The van der Waals surface area contributed by atoms with E-state index in [9.17, 15) is 22.0 Å². The SMILES string of the molecule is O=C(O)c1c(F)ccc(NS(=O)(=O)CC2CC2)c1F. The molecular weight excluding hydrogens is 280 g/mol. The number of hydrogen-bond acceptors (Lipinski definition) is 3. The fourth-order valence-electron chi connectivity index (χ4n) is 1.63. The van der Waals surface area contributed by atoms with Crippen molar-refractivity contribution in [2.75, 3.05) is 10.5 Å². The second-order valence-corrected chi connectivity index (χ2v) is 6.18. The molecule has 1 aliphatic rings. The summed E-state index contributed by atoms with van der Waals surface area (Å²) in [7, 11) is -3.75. The van der Waals surface area contributed by atoms with Gasteiger partial charge in [0.2, 0.25) is 10.0 Å². The molecule has 8 heteroatoms. The molecular formula is C11H11F2NO4S. The van der Waals surface area contributed by atoms with Crippen LogP contribution in [0.25, 0.3) is 0 Å². The quantitative estimate of drug-likeness (QED) is 0.866. The minimum absolute atomic E-state index is 0.0555. The zero-order valence-corrected chi connectivity index (χ0v) is 10.5. The first-order chi connectivity index (χ1) is 8.80. The number of carboxylic acid groups (broad SMARTS) is 1. The molecule has 0 radical (unpaired) electrons. The second-order valence-electron chi connectivity index (χ2n) is 4.42. The number of rotatable bonds is 5. The predicted molar refractivity (Wildman–Crippen MR) is 63.5 cm³/mol. The number of halogens is 2. The summed E-state index contributed by atoms with van der Waals surface area (Å²) in [6.07, 6.45) is 1.60. The van der Waals surface area contributed by atoms with E-state index in [4.69, 9.17) is 5.11 Å². The summed E-state index contributed by atoms with van der Waals surface area (Å²) in [4.78, 5) is 10.7. The molecule has 0 saturated heterocycles. The van der Waals surface area contributed by atoms with Gasteiger partial charge in [-0.15, -0.1) is 0 Å². The molecule has 0 spiro atoms. The molecule has 19 heavy (non-hydrogen) atoms. The fourth-order valence-corrected chi connectivity index (χ4v) is 3.16. The Morgan fingerprint density at radius 2 is 2.00 bits per heavy atom. The molecule has 104 valence electrons. The van der Waals surface area contributed by atoms with E-state index in [1.807, 2.05) is 4.72 Å². The molecule has 0 heterocycles. The molecule has 1 aromatic carbocycles. The molecule has 2 rings (SSSR count). The van der Waals surface area contributed by atoms with Crippen LogP contribution in [0.1, 0.15) is 23.2 Å². The van der Waals surface area contributed by atoms with Gasteiger partial charge < -0.3 is 5.11 Å². The molecule has 0 atom stereocenters. The van der Waals surface area contributed by atoms with Crippen molar-refractivity contribution in [2.45, 2.75) is 12.8 Å². The van der Waals surface area contributed by atoms with Crippen molar-refractivity contribution in [3.05, 3.63) is 29.3 Å². The van der Waals surface area contributed by atoms with Gasteiger partial charge in [-0.05, 0) is 30.9 Å². The maximum absolute atomic E-state index is 13.7. The lowest BCUT2D eigenvalue weighted by Gasteiger charge is -2.10. The van der Waals surface area contributed by atoms with Gasteiger partial charge in [0.25, 0.3) is 0 Å². The Morgan fingerprint density at radius 1 is 1.37 bits per heavy atom. The van der Waals surface area contributed by atoms with Crippen molar-refractivity contribution in [1.82, 2.24) is 0 Å². The van der Waals surface area contributed by atoms with Crippen molar-refractivity contribution in [3.63, 3.8) is 0 Å². The third kappa shape index (κ3) is 3.19. The molecule has 0 bridgehead atoms. The monoisotopic (exact) mass is 291 g/mol. The Hall–Kier alpha value is -1.70. The first-order valence-corrected chi connectivity index (χ1v) is 7.17. The molecule has 5 nitrogen and oxygen atoms in total. The van der Waals surface area contributed by atoms with Crippen LogP contribution in [0.5, 0.6) is 0 Å². The van der Waals surface area contributed by atoms with Crippen molar-refractivity contribution < 1.29 is 27.1 Å². The number of benzene rings is 1. The van der Waals surface area contributed by atoms with E-state index >= 15 is 0 Å². The van der Waals surface area contributed by atoms with Crippen LogP contribution in [-0.2, 0) is 10.0 Å². The zero-order chi connectivity index (χ0) is 14.2. The van der Waals surface area contributed by atoms with Gasteiger partial charge in [-0.3, -0.25) is 4.72 Å². The molecule has 0 aliphatic heterocycles. The number of nitrogens with one attached hydrogen (secondary N) is 1. The summed E-state index contributed by atoms with van der Waals surface area (Å²) in [5, 5.41) is 8.67. The third-order valence-electron chi connectivity index (χ3n) is 2.72. The maximum Gasteiger partial charge on any atom is 0.341 e. The van der Waals surface area contributed by atoms with Crippen molar-refractivity contribution in [1.29, 1.82) is 0 Å². The number of carboxylic acids is 1. The maximum atomic E-state index is 13.7. The van der Waals surface area contributed by atoms with E-state index in [1.54, 1.807) is 0 Å². The average molecular weight is 291 g/mol. The van der Waals surface area contributed by atoms with Crippen molar-refractivity contribution >= 4 is 21.7 Å². The molecule has 1 aliphatic carbocycles. The lowest BCUT2D eigenvalue weighted by molar-refractivity contribution is 0.0686. The highest BCUT2D eigenvalue weighted by molar-refractivity contribution is 7.92. The highest BCUT2D eigenvalue weighted by Gasteiger charge is 2.29.